The molecule has 0 atom stereocenters. The maximum atomic E-state index is 11.4. The van der Waals surface area contributed by atoms with Crippen LogP contribution in [-0.2, 0) is 11.2 Å². The Morgan fingerprint density at radius 1 is 1.59 bits per heavy atom. The molecule has 2 N–H and O–H groups in total. The fourth-order valence-corrected chi connectivity index (χ4v) is 2.78. The Hall–Kier alpha value is -1.67. The number of hydrogen-bond donors (Lipinski definition) is 2. The lowest BCUT2D eigenvalue weighted by atomic mass is 10.3. The second-order valence-corrected chi connectivity index (χ2v) is 5.09. The second-order valence-electron chi connectivity index (χ2n) is 3.00. The molecule has 0 spiro atoms. The summed E-state index contributed by atoms with van der Waals surface area (Å²) in [6.07, 6.45) is 2.81. The van der Waals surface area contributed by atoms with Crippen molar-refractivity contribution >= 4 is 29.1 Å². The molecule has 0 saturated heterocycles. The van der Waals surface area contributed by atoms with Crippen LogP contribution in [0, 0.1) is 0 Å². The second kappa shape index (κ2) is 5.11. The molecule has 2 heterocycles. The molecule has 8 heteroatoms. The van der Waals surface area contributed by atoms with Gasteiger partial charge >= 0.3 is 5.97 Å². The van der Waals surface area contributed by atoms with E-state index < -0.39 is 5.97 Å². The van der Waals surface area contributed by atoms with Crippen LogP contribution in [-0.4, -0.2) is 26.0 Å². The van der Waals surface area contributed by atoms with E-state index in [1.807, 2.05) is 0 Å². The van der Waals surface area contributed by atoms with E-state index in [0.29, 0.717) is 15.1 Å². The highest BCUT2D eigenvalue weighted by Gasteiger charge is 2.09. The van der Waals surface area contributed by atoms with E-state index in [-0.39, 0.29) is 12.0 Å². The van der Waals surface area contributed by atoms with Crippen LogP contribution < -0.4 is 5.56 Å². The number of aliphatic carboxylic acids is 1. The molecule has 0 radical (unpaired) electrons. The van der Waals surface area contributed by atoms with Gasteiger partial charge in [-0.1, -0.05) is 0 Å². The summed E-state index contributed by atoms with van der Waals surface area (Å²) < 4.78 is 0.602. The van der Waals surface area contributed by atoms with Crippen LogP contribution in [0.3, 0.4) is 0 Å². The Kier molecular flexibility index (Phi) is 3.55. The first-order valence-corrected chi connectivity index (χ1v) is 6.22. The third-order valence-electron chi connectivity index (χ3n) is 1.72. The Bertz CT molecular complexity index is 593. The molecule has 0 aliphatic rings. The molecule has 0 fully saturated rings. The third-order valence-corrected chi connectivity index (χ3v) is 3.69. The molecule has 0 unspecified atom stereocenters. The summed E-state index contributed by atoms with van der Waals surface area (Å²) in [6, 6.07) is 0. The molecule has 2 aromatic rings. The average molecular weight is 269 g/mol. The number of H-pyrrole nitrogens is 1. The predicted molar refractivity (Wildman–Crippen MR) is 62.4 cm³/mol. The molecule has 0 aliphatic carbocycles. The molecule has 0 amide bonds. The molecule has 0 aliphatic heterocycles. The van der Waals surface area contributed by atoms with Gasteiger partial charge in [0, 0.05) is 17.8 Å². The fraction of sp³-hybridized carbons (Fsp3) is 0.111. The standard InChI is InChI=1S/C9H7N3O3S2/c13-6(14)3-5-4-16-9(12-5)17-8-7(15)10-1-2-11-8/h1-2,4H,3H2,(H,10,15)(H,13,14). The van der Waals surface area contributed by atoms with Crippen LogP contribution in [0.5, 0.6) is 0 Å². The van der Waals surface area contributed by atoms with E-state index in [2.05, 4.69) is 15.0 Å². The molecule has 0 saturated carbocycles. The zero-order valence-corrected chi connectivity index (χ0v) is 10.0. The van der Waals surface area contributed by atoms with Crippen molar-refractivity contribution in [3.63, 3.8) is 0 Å². The smallest absolute Gasteiger partial charge is 0.309 e. The van der Waals surface area contributed by atoms with Crippen molar-refractivity contribution in [1.82, 2.24) is 15.0 Å². The van der Waals surface area contributed by atoms with E-state index in [4.69, 9.17) is 5.11 Å². The largest absolute Gasteiger partial charge is 0.481 e. The van der Waals surface area contributed by atoms with Gasteiger partial charge in [0.05, 0.1) is 12.1 Å². The highest BCUT2D eigenvalue weighted by atomic mass is 32.2. The van der Waals surface area contributed by atoms with Gasteiger partial charge in [0.2, 0.25) is 0 Å². The van der Waals surface area contributed by atoms with Crippen molar-refractivity contribution in [2.45, 2.75) is 15.8 Å². The van der Waals surface area contributed by atoms with Gasteiger partial charge in [-0.15, -0.1) is 11.3 Å². The number of hydrogen-bond acceptors (Lipinski definition) is 6. The summed E-state index contributed by atoms with van der Waals surface area (Å²) in [7, 11) is 0. The highest BCUT2D eigenvalue weighted by molar-refractivity contribution is 8.00. The van der Waals surface area contributed by atoms with Gasteiger partial charge in [0.25, 0.3) is 5.56 Å². The predicted octanol–water partition coefficient (Wildman–Crippen LogP) is 1.00. The Morgan fingerprint density at radius 2 is 2.41 bits per heavy atom. The SMILES string of the molecule is O=C(O)Cc1csc(Sc2ncc[nH]c2=O)n1. The van der Waals surface area contributed by atoms with Crippen LogP contribution in [0.2, 0.25) is 0 Å². The van der Waals surface area contributed by atoms with Gasteiger partial charge in [-0.2, -0.15) is 0 Å². The van der Waals surface area contributed by atoms with Gasteiger partial charge in [0.1, 0.15) is 0 Å². The number of carboxylic acids is 1. The van der Waals surface area contributed by atoms with Crippen molar-refractivity contribution in [1.29, 1.82) is 0 Å². The van der Waals surface area contributed by atoms with Crippen LogP contribution in [0.1, 0.15) is 5.69 Å². The summed E-state index contributed by atoms with van der Waals surface area (Å²) in [5, 5.41) is 10.6. The summed E-state index contributed by atoms with van der Waals surface area (Å²) in [4.78, 5) is 32.3. The van der Waals surface area contributed by atoms with E-state index in [1.165, 1.54) is 23.7 Å². The minimum Gasteiger partial charge on any atom is -0.481 e. The zero-order chi connectivity index (χ0) is 12.3. The number of aromatic nitrogens is 3. The Balaban J connectivity index is 2.14. The van der Waals surface area contributed by atoms with Gasteiger partial charge in [0.15, 0.2) is 9.37 Å². The van der Waals surface area contributed by atoms with Crippen molar-refractivity contribution in [2.24, 2.45) is 0 Å². The van der Waals surface area contributed by atoms with Crippen molar-refractivity contribution in [3.05, 3.63) is 33.8 Å². The molecule has 2 rings (SSSR count). The molecule has 88 valence electrons. The van der Waals surface area contributed by atoms with E-state index in [9.17, 15) is 9.59 Å². The number of nitrogens with one attached hydrogen (secondary N) is 1. The van der Waals surface area contributed by atoms with Gasteiger partial charge in [-0.25, -0.2) is 9.97 Å². The van der Waals surface area contributed by atoms with Crippen molar-refractivity contribution in [2.75, 3.05) is 0 Å². The lowest BCUT2D eigenvalue weighted by Crippen LogP contribution is -2.08. The van der Waals surface area contributed by atoms with E-state index in [1.54, 1.807) is 5.38 Å². The molecule has 2 aromatic heterocycles. The highest BCUT2D eigenvalue weighted by Crippen LogP contribution is 2.26. The van der Waals surface area contributed by atoms with E-state index in [0.717, 1.165) is 11.8 Å². The van der Waals surface area contributed by atoms with Gasteiger partial charge < -0.3 is 10.1 Å². The normalized spacial score (nSPS) is 10.4. The van der Waals surface area contributed by atoms with Crippen LogP contribution in [0.15, 0.2) is 31.9 Å². The number of rotatable bonds is 4. The number of thiazole rings is 1. The minimum absolute atomic E-state index is 0.115. The average Bonchev–Trinajstić information content (AvgIpc) is 2.68. The topological polar surface area (TPSA) is 95.9 Å². The first-order chi connectivity index (χ1) is 8.15. The quantitative estimate of drug-likeness (QED) is 0.859. The first kappa shape index (κ1) is 11.8. The fourth-order valence-electron chi connectivity index (χ4n) is 1.07. The molecular weight excluding hydrogens is 262 g/mol. The number of carboxylic acid groups (broad SMARTS) is 1. The Morgan fingerprint density at radius 3 is 3.12 bits per heavy atom. The van der Waals surface area contributed by atoms with Crippen LogP contribution in [0.25, 0.3) is 0 Å². The maximum Gasteiger partial charge on any atom is 0.309 e. The maximum absolute atomic E-state index is 11.4. The molecule has 6 nitrogen and oxygen atoms in total. The molecule has 0 aromatic carbocycles. The monoisotopic (exact) mass is 269 g/mol. The molecule has 0 bridgehead atoms. The van der Waals surface area contributed by atoms with Crippen LogP contribution >= 0.6 is 23.1 Å². The summed E-state index contributed by atoms with van der Waals surface area (Å²) in [5.41, 5.74) is 0.199. The van der Waals surface area contributed by atoms with Gasteiger partial charge in [-0.05, 0) is 11.8 Å². The summed E-state index contributed by atoms with van der Waals surface area (Å²) in [5.74, 6) is -0.928. The molecular formula is C9H7N3O3S2. The van der Waals surface area contributed by atoms with Crippen LogP contribution in [0.4, 0.5) is 0 Å². The van der Waals surface area contributed by atoms with E-state index >= 15 is 0 Å². The Labute approximate surface area is 104 Å². The third kappa shape index (κ3) is 3.14. The molecule has 17 heavy (non-hydrogen) atoms. The zero-order valence-electron chi connectivity index (χ0n) is 8.41. The van der Waals surface area contributed by atoms with Gasteiger partial charge in [-0.3, -0.25) is 9.59 Å². The first-order valence-electron chi connectivity index (χ1n) is 4.53. The lowest BCUT2D eigenvalue weighted by molar-refractivity contribution is -0.136. The van der Waals surface area contributed by atoms with Crippen molar-refractivity contribution in [3.8, 4) is 0 Å². The number of aromatic amines is 1. The summed E-state index contributed by atoms with van der Waals surface area (Å²) >= 11 is 2.41. The summed E-state index contributed by atoms with van der Waals surface area (Å²) in [6.45, 7) is 0. The number of carbonyl (C=O) groups is 1. The van der Waals surface area contributed by atoms with Crippen molar-refractivity contribution < 1.29 is 9.90 Å². The minimum atomic E-state index is -0.928. The lowest BCUT2D eigenvalue weighted by Gasteiger charge is -1.93. The number of nitrogens with zero attached hydrogens (tertiary/aromatic N) is 2.